The summed E-state index contributed by atoms with van der Waals surface area (Å²) < 4.78 is 5.02. The van der Waals surface area contributed by atoms with E-state index in [1.165, 1.54) is 22.8 Å². The first kappa shape index (κ1) is 20.8. The predicted molar refractivity (Wildman–Crippen MR) is 97.1 cm³/mol. The molecule has 1 fully saturated rings. The molecule has 0 unspecified atom stereocenters. The summed E-state index contributed by atoms with van der Waals surface area (Å²) in [6.07, 6.45) is 3.25. The van der Waals surface area contributed by atoms with Crippen LogP contribution in [0.2, 0.25) is 5.09 Å². The average Bonchev–Trinajstić information content (AvgIpc) is 2.90. The molecule has 2 rings (SSSR count). The van der Waals surface area contributed by atoms with Gasteiger partial charge in [-0.2, -0.15) is 0 Å². The van der Waals surface area contributed by atoms with E-state index in [-0.39, 0.29) is 24.5 Å². The molecular weight excluding hydrogens is 297 g/mol. The van der Waals surface area contributed by atoms with Crippen LogP contribution in [0.5, 0.6) is 0 Å². The normalized spacial score (nSPS) is 16.7. The summed E-state index contributed by atoms with van der Waals surface area (Å²) in [5.41, 5.74) is 1.10. The fraction of sp³-hybridized carbons (Fsp3) is 0.579. The van der Waals surface area contributed by atoms with Crippen LogP contribution in [0.4, 0.5) is 4.79 Å². The molecule has 4 nitrogen and oxygen atoms in total. The fourth-order valence-electron chi connectivity index (χ4n) is 2.60. The predicted octanol–water partition coefficient (Wildman–Crippen LogP) is 4.00. The van der Waals surface area contributed by atoms with Crippen LogP contribution in [0.15, 0.2) is 30.3 Å². The van der Waals surface area contributed by atoms with Gasteiger partial charge in [0.15, 0.2) is 0 Å². The summed E-state index contributed by atoms with van der Waals surface area (Å²) in [5, 5.41) is 1.34. The zero-order valence-corrected chi connectivity index (χ0v) is 15.5. The Kier molecular flexibility index (Phi) is 9.83. The molecular formula is C19H28LiNO3. The number of benzene rings is 1. The second kappa shape index (κ2) is 11.3. The van der Waals surface area contributed by atoms with E-state index in [1.54, 1.807) is 0 Å². The van der Waals surface area contributed by atoms with Crippen molar-refractivity contribution in [1.82, 2.24) is 4.90 Å². The van der Waals surface area contributed by atoms with Crippen molar-refractivity contribution in [3.63, 3.8) is 0 Å². The molecule has 24 heavy (non-hydrogen) atoms. The molecule has 0 aromatic heterocycles. The average molecular weight is 325 g/mol. The molecule has 1 aromatic rings. The van der Waals surface area contributed by atoms with Crippen LogP contribution < -0.4 is 0 Å². The van der Waals surface area contributed by atoms with Gasteiger partial charge in [-0.15, -0.1) is 0 Å². The molecule has 1 atom stereocenters. The maximum absolute atomic E-state index is 12.1. The molecule has 0 saturated carbocycles. The zero-order chi connectivity index (χ0) is 17.9. The van der Waals surface area contributed by atoms with Gasteiger partial charge in [0.1, 0.15) is 6.61 Å². The molecule has 1 aliphatic rings. The molecule has 0 aliphatic carbocycles. The van der Waals surface area contributed by atoms with Crippen LogP contribution in [0.1, 0.15) is 45.6 Å². The third-order valence-electron chi connectivity index (χ3n) is 3.83. The Hall–Kier alpha value is -1.24. The molecule has 2 amide bonds. The van der Waals surface area contributed by atoms with Crippen molar-refractivity contribution in [2.75, 3.05) is 6.61 Å². The molecule has 0 radical (unpaired) electrons. The first-order valence-electron chi connectivity index (χ1n) is 9.02. The second-order valence-electron chi connectivity index (χ2n) is 6.64. The minimum atomic E-state index is -0.508. The Morgan fingerprint density at radius 1 is 1.33 bits per heavy atom. The number of amides is 2. The zero-order valence-electron chi connectivity index (χ0n) is 15.5. The first-order valence-corrected chi connectivity index (χ1v) is 9.02. The molecule has 0 bridgehead atoms. The number of nitrogens with zero attached hydrogens (tertiary/aromatic N) is 1. The van der Waals surface area contributed by atoms with Gasteiger partial charge >= 0.3 is 48.7 Å². The molecule has 128 valence electrons. The number of unbranched alkanes of at least 4 members (excludes halogenated alkanes) is 1. The maximum atomic E-state index is 12.1. The summed E-state index contributed by atoms with van der Waals surface area (Å²) in [5.74, 6) is 0.0942. The van der Waals surface area contributed by atoms with Crippen molar-refractivity contribution in [2.45, 2.75) is 57.6 Å². The van der Waals surface area contributed by atoms with Gasteiger partial charge in [0, 0.05) is 6.42 Å². The van der Waals surface area contributed by atoms with Crippen molar-refractivity contribution < 1.29 is 14.3 Å². The summed E-state index contributed by atoms with van der Waals surface area (Å²) >= 11 is 2.21. The summed E-state index contributed by atoms with van der Waals surface area (Å²) in [6.45, 7) is 6.43. The fourth-order valence-corrected chi connectivity index (χ4v) is 2.60. The van der Waals surface area contributed by atoms with Gasteiger partial charge in [0.25, 0.3) is 0 Å². The minimum absolute atomic E-state index is 0.140. The van der Waals surface area contributed by atoms with Gasteiger partial charge < -0.3 is 4.74 Å². The van der Waals surface area contributed by atoms with Crippen LogP contribution in [-0.2, 0) is 16.0 Å². The van der Waals surface area contributed by atoms with Crippen molar-refractivity contribution in [1.29, 1.82) is 0 Å². The van der Waals surface area contributed by atoms with E-state index in [4.69, 9.17) is 4.74 Å². The molecule has 0 spiro atoms. The Morgan fingerprint density at radius 2 is 2.00 bits per heavy atom. The Balaban J connectivity index is 0.000000505. The first-order chi connectivity index (χ1) is 11.5. The number of hydrogen-bond acceptors (Lipinski definition) is 3. The molecule has 1 aliphatic heterocycles. The summed E-state index contributed by atoms with van der Waals surface area (Å²) in [4.78, 5) is 25.1. The number of carbonyl (C=O) groups is 2. The summed E-state index contributed by atoms with van der Waals surface area (Å²) in [7, 11) is 0. The monoisotopic (exact) mass is 325 g/mol. The van der Waals surface area contributed by atoms with E-state index in [2.05, 4.69) is 24.6 Å². The van der Waals surface area contributed by atoms with Crippen LogP contribution in [0, 0.1) is 5.92 Å². The van der Waals surface area contributed by atoms with E-state index in [0.29, 0.717) is 12.8 Å². The van der Waals surface area contributed by atoms with Gasteiger partial charge in [-0.25, -0.2) is 9.69 Å². The number of ether oxygens (including phenoxy) is 1. The number of carbonyl (C=O) groups excluding carboxylic acids is 2. The third kappa shape index (κ3) is 7.11. The standard InChI is InChI=1S/C15H19NO3.C4H9.Li/c1-11(2)8-14(17)16-13(10-19-15(16)18)9-12-6-4-3-5-7-12;1-3-4-2;/h3-7,11,13H,8-10H2,1-2H3;1,3-4H2,2H3;/t13-;;/m1../s1. The Labute approximate surface area is 155 Å². The van der Waals surface area contributed by atoms with E-state index in [9.17, 15) is 9.59 Å². The Morgan fingerprint density at radius 3 is 2.50 bits per heavy atom. The van der Waals surface area contributed by atoms with E-state index in [1.807, 2.05) is 44.2 Å². The van der Waals surface area contributed by atoms with Crippen LogP contribution in [0.25, 0.3) is 0 Å². The van der Waals surface area contributed by atoms with E-state index in [0.717, 1.165) is 5.56 Å². The van der Waals surface area contributed by atoms with Crippen LogP contribution >= 0.6 is 0 Å². The topological polar surface area (TPSA) is 46.6 Å². The van der Waals surface area contributed by atoms with Gasteiger partial charge in [0.2, 0.25) is 5.91 Å². The number of imide groups is 1. The SMILES string of the molecule is CC(C)CC(=O)N1C(=O)OC[C@H]1Cc1ccccc1.[Li][CH2]CCC. The second-order valence-corrected chi connectivity index (χ2v) is 6.64. The molecule has 5 heteroatoms. The number of rotatable bonds is 6. The van der Waals surface area contributed by atoms with Gasteiger partial charge in [-0.05, 0) is 17.9 Å². The van der Waals surface area contributed by atoms with Crippen molar-refractivity contribution in [3.05, 3.63) is 35.9 Å². The van der Waals surface area contributed by atoms with Crippen molar-refractivity contribution in [2.24, 2.45) is 5.92 Å². The Bertz CT molecular complexity index is 503. The van der Waals surface area contributed by atoms with Crippen LogP contribution in [0.3, 0.4) is 0 Å². The number of hydrogen-bond donors (Lipinski definition) is 0. The third-order valence-corrected chi connectivity index (χ3v) is 3.83. The van der Waals surface area contributed by atoms with Gasteiger partial charge in [0.05, 0.1) is 6.04 Å². The van der Waals surface area contributed by atoms with Crippen molar-refractivity contribution in [3.8, 4) is 0 Å². The molecule has 1 heterocycles. The van der Waals surface area contributed by atoms with Gasteiger partial charge in [-0.1, -0.05) is 44.2 Å². The van der Waals surface area contributed by atoms with Crippen molar-refractivity contribution >= 4 is 29.7 Å². The molecule has 1 saturated heterocycles. The van der Waals surface area contributed by atoms with E-state index < -0.39 is 6.09 Å². The van der Waals surface area contributed by atoms with Gasteiger partial charge in [-0.3, -0.25) is 4.79 Å². The molecule has 0 N–H and O–H groups in total. The van der Waals surface area contributed by atoms with E-state index >= 15 is 0 Å². The molecule has 1 aromatic carbocycles. The van der Waals surface area contributed by atoms with Crippen LogP contribution in [-0.4, -0.2) is 47.3 Å². The quantitative estimate of drug-likeness (QED) is 0.743. The summed E-state index contributed by atoms with van der Waals surface area (Å²) in [6, 6.07) is 9.66. The number of cyclic esters (lactones) is 1.